The number of hydrogen-bond acceptors (Lipinski definition) is 5. The van der Waals surface area contributed by atoms with Gasteiger partial charge in [0.1, 0.15) is 5.75 Å². The molecule has 1 aromatic carbocycles. The molecular formula is C26H38N4O2. The maximum atomic E-state index is 12.6. The van der Waals surface area contributed by atoms with Crippen molar-refractivity contribution in [1.82, 2.24) is 20.4 Å². The van der Waals surface area contributed by atoms with Crippen molar-refractivity contribution in [1.29, 1.82) is 0 Å². The van der Waals surface area contributed by atoms with Crippen molar-refractivity contribution in [3.63, 3.8) is 0 Å². The first-order chi connectivity index (χ1) is 15.6. The van der Waals surface area contributed by atoms with Crippen LogP contribution in [0.25, 0.3) is 11.1 Å². The highest BCUT2D eigenvalue weighted by atomic mass is 16.5. The van der Waals surface area contributed by atoms with Crippen LogP contribution in [0.2, 0.25) is 0 Å². The predicted octanol–water partition coefficient (Wildman–Crippen LogP) is 4.88. The van der Waals surface area contributed by atoms with Gasteiger partial charge in [-0.15, -0.1) is 5.10 Å². The largest absolute Gasteiger partial charge is 0.490 e. The number of aromatic nitrogens is 2. The van der Waals surface area contributed by atoms with E-state index in [4.69, 9.17) is 4.74 Å². The van der Waals surface area contributed by atoms with Crippen LogP contribution in [0.3, 0.4) is 0 Å². The third kappa shape index (κ3) is 7.30. The number of carbonyl (C=O) groups is 1. The molecular weight excluding hydrogens is 400 g/mol. The highest BCUT2D eigenvalue weighted by molar-refractivity contribution is 5.93. The minimum absolute atomic E-state index is 0.170. The smallest absolute Gasteiger partial charge is 0.271 e. The fraction of sp³-hybridized carbons (Fsp3) is 0.577. The molecule has 0 aliphatic heterocycles. The molecule has 1 fully saturated rings. The van der Waals surface area contributed by atoms with Gasteiger partial charge in [-0.3, -0.25) is 4.79 Å². The van der Waals surface area contributed by atoms with E-state index in [0.29, 0.717) is 18.3 Å². The molecule has 1 aliphatic carbocycles. The number of ether oxygens (including phenoxy) is 1. The summed E-state index contributed by atoms with van der Waals surface area (Å²) in [6.07, 6.45) is 10.3. The highest BCUT2D eigenvalue weighted by Gasteiger charge is 2.16. The third-order valence-electron chi connectivity index (χ3n) is 5.96. The first-order valence-electron chi connectivity index (χ1n) is 12.1. The van der Waals surface area contributed by atoms with E-state index < -0.39 is 0 Å². The van der Waals surface area contributed by atoms with E-state index in [1.807, 2.05) is 32.3 Å². The zero-order chi connectivity index (χ0) is 22.8. The Hall–Kier alpha value is -2.47. The summed E-state index contributed by atoms with van der Waals surface area (Å²) >= 11 is 0. The van der Waals surface area contributed by atoms with Crippen molar-refractivity contribution < 1.29 is 9.53 Å². The molecule has 1 aliphatic rings. The van der Waals surface area contributed by atoms with E-state index in [1.165, 1.54) is 19.3 Å². The van der Waals surface area contributed by atoms with E-state index in [-0.39, 0.29) is 5.91 Å². The van der Waals surface area contributed by atoms with Crippen LogP contribution in [-0.4, -0.2) is 54.3 Å². The van der Waals surface area contributed by atoms with Gasteiger partial charge < -0.3 is 15.0 Å². The van der Waals surface area contributed by atoms with E-state index in [0.717, 1.165) is 67.6 Å². The molecule has 1 heterocycles. The highest BCUT2D eigenvalue weighted by Crippen LogP contribution is 2.28. The van der Waals surface area contributed by atoms with Gasteiger partial charge in [0.2, 0.25) is 0 Å². The number of aryl methyl sites for hydroxylation is 1. The van der Waals surface area contributed by atoms with Crippen LogP contribution < -0.4 is 10.1 Å². The minimum atomic E-state index is -0.170. The van der Waals surface area contributed by atoms with Crippen LogP contribution in [0.5, 0.6) is 5.75 Å². The van der Waals surface area contributed by atoms with E-state index >= 15 is 0 Å². The van der Waals surface area contributed by atoms with Crippen LogP contribution in [0.1, 0.15) is 74.5 Å². The Morgan fingerprint density at radius 3 is 2.53 bits per heavy atom. The van der Waals surface area contributed by atoms with Gasteiger partial charge in [0, 0.05) is 12.1 Å². The van der Waals surface area contributed by atoms with Gasteiger partial charge in [-0.2, -0.15) is 5.10 Å². The molecule has 0 atom stereocenters. The predicted molar refractivity (Wildman–Crippen MR) is 129 cm³/mol. The molecule has 0 spiro atoms. The van der Waals surface area contributed by atoms with Gasteiger partial charge in [0.05, 0.1) is 11.8 Å². The third-order valence-corrected chi connectivity index (χ3v) is 5.96. The Kier molecular flexibility index (Phi) is 9.47. The fourth-order valence-electron chi connectivity index (χ4n) is 4.08. The molecule has 1 N–H and O–H groups in total. The van der Waals surface area contributed by atoms with Crippen molar-refractivity contribution in [3.8, 4) is 16.9 Å². The van der Waals surface area contributed by atoms with Crippen LogP contribution in [-0.2, 0) is 6.42 Å². The number of hydrogen-bond donors (Lipinski definition) is 1. The summed E-state index contributed by atoms with van der Waals surface area (Å²) in [6, 6.07) is 10.1. The van der Waals surface area contributed by atoms with Gasteiger partial charge in [-0.25, -0.2) is 0 Å². The topological polar surface area (TPSA) is 67.4 Å². The average Bonchev–Trinajstić information content (AvgIpc) is 2.81. The summed E-state index contributed by atoms with van der Waals surface area (Å²) in [4.78, 5) is 14.7. The van der Waals surface area contributed by atoms with E-state index in [9.17, 15) is 4.79 Å². The summed E-state index contributed by atoms with van der Waals surface area (Å²) in [5.41, 5.74) is 3.34. The number of nitrogens with zero attached hydrogens (tertiary/aromatic N) is 3. The number of nitrogens with one attached hydrogen (secondary N) is 1. The lowest BCUT2D eigenvalue weighted by molar-refractivity contribution is 0.0946. The molecule has 6 heteroatoms. The number of unbranched alkanes of at least 4 members (excludes halogenated alkanes) is 1. The van der Waals surface area contributed by atoms with Gasteiger partial charge in [-0.1, -0.05) is 31.9 Å². The molecule has 0 saturated heterocycles. The number of rotatable bonds is 11. The molecule has 6 nitrogen and oxygen atoms in total. The Labute approximate surface area is 192 Å². The second kappa shape index (κ2) is 12.5. The Balaban J connectivity index is 1.73. The molecule has 0 bridgehead atoms. The molecule has 1 aromatic heterocycles. The number of carbonyl (C=O) groups excluding carboxylic acids is 1. The van der Waals surface area contributed by atoms with Gasteiger partial charge in [0.25, 0.3) is 5.91 Å². The lowest BCUT2D eigenvalue weighted by Gasteiger charge is -2.23. The molecule has 3 rings (SSSR count). The van der Waals surface area contributed by atoms with Crippen LogP contribution in [0, 0.1) is 0 Å². The zero-order valence-corrected chi connectivity index (χ0v) is 19.9. The first kappa shape index (κ1) is 24.2. The molecule has 2 aromatic rings. The van der Waals surface area contributed by atoms with Crippen molar-refractivity contribution in [2.45, 2.75) is 70.8 Å². The molecule has 0 unspecified atom stereocenters. The molecule has 32 heavy (non-hydrogen) atoms. The van der Waals surface area contributed by atoms with E-state index in [1.54, 1.807) is 0 Å². The summed E-state index contributed by atoms with van der Waals surface area (Å²) in [6.45, 7) is 3.72. The Morgan fingerprint density at radius 2 is 1.84 bits per heavy atom. The fourth-order valence-corrected chi connectivity index (χ4v) is 4.08. The van der Waals surface area contributed by atoms with Gasteiger partial charge >= 0.3 is 0 Å². The Morgan fingerprint density at radius 1 is 1.09 bits per heavy atom. The maximum absolute atomic E-state index is 12.6. The number of benzene rings is 1. The quantitative estimate of drug-likeness (QED) is 0.507. The molecule has 1 amide bonds. The zero-order valence-electron chi connectivity index (χ0n) is 19.9. The van der Waals surface area contributed by atoms with Gasteiger partial charge in [0.15, 0.2) is 5.69 Å². The first-order valence-corrected chi connectivity index (χ1v) is 12.1. The van der Waals surface area contributed by atoms with Crippen LogP contribution >= 0.6 is 0 Å². The van der Waals surface area contributed by atoms with Gasteiger partial charge in [-0.05, 0) is 89.3 Å². The molecule has 1 saturated carbocycles. The lowest BCUT2D eigenvalue weighted by atomic mass is 9.97. The molecule has 174 valence electrons. The second-order valence-electron chi connectivity index (χ2n) is 9.01. The monoisotopic (exact) mass is 438 g/mol. The summed E-state index contributed by atoms with van der Waals surface area (Å²) in [7, 11) is 4.06. The lowest BCUT2D eigenvalue weighted by Crippen LogP contribution is -2.28. The average molecular weight is 439 g/mol. The Bertz CT molecular complexity index is 845. The molecule has 0 radical (unpaired) electrons. The standard InChI is InChI=1S/C26H38N4O2/c1-4-5-12-24-23(19-25(29-28-24)26(31)27-17-9-18-30(2)3)20-13-15-22(16-14-20)32-21-10-7-6-8-11-21/h13-16,19,21H,4-12,17-18H2,1-3H3,(H,27,31). The SMILES string of the molecule is CCCCc1nnc(C(=O)NCCCN(C)C)cc1-c1ccc(OC2CCCCC2)cc1. The summed E-state index contributed by atoms with van der Waals surface area (Å²) < 4.78 is 6.18. The van der Waals surface area contributed by atoms with Crippen LogP contribution in [0.4, 0.5) is 0 Å². The van der Waals surface area contributed by atoms with E-state index in [2.05, 4.69) is 39.5 Å². The van der Waals surface area contributed by atoms with Crippen molar-refractivity contribution in [2.75, 3.05) is 27.2 Å². The summed E-state index contributed by atoms with van der Waals surface area (Å²) in [5.74, 6) is 0.744. The van der Waals surface area contributed by atoms with Crippen LogP contribution in [0.15, 0.2) is 30.3 Å². The summed E-state index contributed by atoms with van der Waals surface area (Å²) in [5, 5.41) is 11.6. The van der Waals surface area contributed by atoms with Crippen molar-refractivity contribution in [3.05, 3.63) is 41.7 Å². The maximum Gasteiger partial charge on any atom is 0.271 e. The number of amides is 1. The van der Waals surface area contributed by atoms with Crippen molar-refractivity contribution in [2.24, 2.45) is 0 Å². The second-order valence-corrected chi connectivity index (χ2v) is 9.01. The minimum Gasteiger partial charge on any atom is -0.490 e. The normalized spacial score (nSPS) is 14.5. The van der Waals surface area contributed by atoms with Crippen molar-refractivity contribution >= 4 is 5.91 Å².